The van der Waals surface area contributed by atoms with Crippen molar-refractivity contribution in [2.75, 3.05) is 4.90 Å². The molecule has 0 spiro atoms. The highest BCUT2D eigenvalue weighted by Gasteiger charge is 2.18. The van der Waals surface area contributed by atoms with E-state index in [2.05, 4.69) is 237 Å². The second-order valence-corrected chi connectivity index (χ2v) is 15.0. The summed E-state index contributed by atoms with van der Waals surface area (Å²) in [5.41, 5.74) is 13.9. The molecule has 0 bridgehead atoms. The summed E-state index contributed by atoms with van der Waals surface area (Å²) in [4.78, 5) is 2.36. The zero-order chi connectivity index (χ0) is 40.2. The average molecular weight is 771 g/mol. The smallest absolute Gasteiger partial charge is 0.0541 e. The van der Waals surface area contributed by atoms with Gasteiger partial charge in [0, 0.05) is 66.4 Å². The van der Waals surface area contributed by atoms with E-state index < -0.39 is 0 Å². The van der Waals surface area contributed by atoms with Gasteiger partial charge in [-0.2, -0.15) is 0 Å². The molecule has 12 aromatic rings. The number of anilines is 3. The maximum atomic E-state index is 2.37. The van der Waals surface area contributed by atoms with Crippen LogP contribution in [0.15, 0.2) is 218 Å². The summed E-state index contributed by atoms with van der Waals surface area (Å²) in [6.45, 7) is 4.00. The van der Waals surface area contributed by atoms with E-state index in [0.717, 1.165) is 34.1 Å². The predicted octanol–water partition coefficient (Wildman–Crippen LogP) is 15.5. The molecule has 0 fully saturated rings. The zero-order valence-corrected chi connectivity index (χ0v) is 33.6. The Morgan fingerprint density at radius 1 is 0.233 bits per heavy atom. The van der Waals surface area contributed by atoms with Gasteiger partial charge in [-0.3, -0.25) is 0 Å². The number of hydrogen-bond acceptors (Lipinski definition) is 1. The van der Waals surface area contributed by atoms with Crippen molar-refractivity contribution in [1.82, 2.24) is 13.7 Å². The minimum Gasteiger partial charge on any atom is -0.310 e. The highest BCUT2D eigenvalue weighted by Crippen LogP contribution is 2.40. The lowest BCUT2D eigenvalue weighted by Crippen LogP contribution is -2.10. The molecular weight excluding hydrogens is 729 g/mol. The van der Waals surface area contributed by atoms with E-state index in [-0.39, 0.29) is 0 Å². The number of hydrogen-bond donors (Lipinski definition) is 0. The third-order valence-corrected chi connectivity index (χ3v) is 11.8. The van der Waals surface area contributed by atoms with E-state index in [1.54, 1.807) is 0 Å². The minimum absolute atomic E-state index is 1.08. The van der Waals surface area contributed by atoms with E-state index in [1.807, 2.05) is 13.8 Å². The molecule has 60 heavy (non-hydrogen) atoms. The van der Waals surface area contributed by atoms with Crippen LogP contribution in [0.4, 0.5) is 17.1 Å². The maximum absolute atomic E-state index is 2.37. The van der Waals surface area contributed by atoms with Crippen molar-refractivity contribution in [3.63, 3.8) is 0 Å². The van der Waals surface area contributed by atoms with Crippen molar-refractivity contribution in [1.29, 1.82) is 0 Å². The highest BCUT2D eigenvalue weighted by atomic mass is 15.1. The SMILES string of the molecule is CC.c1ccc2c(c1)c1ccccc1n2-c1ccc(N(c2ccc(-n3c4ccccc4c4ccccc43)cc2)c2ccc(-n3c4ccccc4c4ccccc43)cc2)cc1. The van der Waals surface area contributed by atoms with Gasteiger partial charge in [-0.25, -0.2) is 0 Å². The first-order chi connectivity index (χ1) is 29.8. The summed E-state index contributed by atoms with van der Waals surface area (Å²) in [5.74, 6) is 0. The molecule has 4 heteroatoms. The fourth-order valence-electron chi connectivity index (χ4n) is 9.30. The predicted molar refractivity (Wildman–Crippen MR) is 255 cm³/mol. The fraction of sp³-hybridized carbons (Fsp3) is 0.0357. The summed E-state index contributed by atoms with van der Waals surface area (Å²) in [7, 11) is 0. The first kappa shape index (κ1) is 35.4. The van der Waals surface area contributed by atoms with E-state index in [1.165, 1.54) is 65.4 Å². The molecule has 0 N–H and O–H groups in total. The van der Waals surface area contributed by atoms with Crippen LogP contribution in [0.25, 0.3) is 82.5 Å². The van der Waals surface area contributed by atoms with Crippen LogP contribution in [0, 0.1) is 0 Å². The van der Waals surface area contributed by atoms with Crippen LogP contribution >= 0.6 is 0 Å². The lowest BCUT2D eigenvalue weighted by Gasteiger charge is -2.26. The van der Waals surface area contributed by atoms with E-state index in [4.69, 9.17) is 0 Å². The number of benzene rings is 9. The van der Waals surface area contributed by atoms with Gasteiger partial charge in [-0.1, -0.05) is 123 Å². The summed E-state index contributed by atoms with van der Waals surface area (Å²) < 4.78 is 7.12. The zero-order valence-electron chi connectivity index (χ0n) is 33.6. The number of nitrogens with zero attached hydrogens (tertiary/aromatic N) is 4. The summed E-state index contributed by atoms with van der Waals surface area (Å²) in [5, 5.41) is 7.56. The normalized spacial score (nSPS) is 11.5. The van der Waals surface area contributed by atoms with Crippen molar-refractivity contribution in [3.05, 3.63) is 218 Å². The molecule has 0 atom stereocenters. The monoisotopic (exact) mass is 770 g/mol. The van der Waals surface area contributed by atoms with Crippen molar-refractivity contribution >= 4 is 82.5 Å². The third kappa shape index (κ3) is 5.53. The van der Waals surface area contributed by atoms with Gasteiger partial charge in [0.2, 0.25) is 0 Å². The van der Waals surface area contributed by atoms with Crippen LogP contribution in [-0.2, 0) is 0 Å². The van der Waals surface area contributed by atoms with Gasteiger partial charge in [0.25, 0.3) is 0 Å². The molecule has 0 radical (unpaired) electrons. The molecule has 0 aliphatic rings. The largest absolute Gasteiger partial charge is 0.310 e. The van der Waals surface area contributed by atoms with Gasteiger partial charge in [-0.15, -0.1) is 0 Å². The molecule has 0 saturated heterocycles. The second-order valence-electron chi connectivity index (χ2n) is 15.0. The Balaban J connectivity index is 0.00000201. The van der Waals surface area contributed by atoms with E-state index in [0.29, 0.717) is 0 Å². The molecule has 0 aliphatic carbocycles. The molecule has 0 unspecified atom stereocenters. The Morgan fingerprint density at radius 3 is 0.617 bits per heavy atom. The van der Waals surface area contributed by atoms with Gasteiger partial charge in [0.15, 0.2) is 0 Å². The first-order valence-corrected chi connectivity index (χ1v) is 20.9. The average Bonchev–Trinajstić information content (AvgIpc) is 3.97. The Labute approximate surface area is 349 Å². The molecule has 12 rings (SSSR count). The van der Waals surface area contributed by atoms with Gasteiger partial charge < -0.3 is 18.6 Å². The van der Waals surface area contributed by atoms with Gasteiger partial charge in [-0.05, 0) is 109 Å². The molecule has 9 aromatic carbocycles. The lowest BCUT2D eigenvalue weighted by atomic mass is 10.1. The second kappa shape index (κ2) is 14.5. The summed E-state index contributed by atoms with van der Waals surface area (Å²) >= 11 is 0. The van der Waals surface area contributed by atoms with Crippen LogP contribution in [0.3, 0.4) is 0 Å². The molecule has 0 aliphatic heterocycles. The minimum atomic E-state index is 1.08. The molecular formula is C56H42N4. The van der Waals surface area contributed by atoms with Crippen molar-refractivity contribution in [3.8, 4) is 17.1 Å². The van der Waals surface area contributed by atoms with Crippen molar-refractivity contribution in [2.24, 2.45) is 0 Å². The Kier molecular flexibility index (Phi) is 8.56. The van der Waals surface area contributed by atoms with Crippen molar-refractivity contribution in [2.45, 2.75) is 13.8 Å². The molecule has 4 nitrogen and oxygen atoms in total. The van der Waals surface area contributed by atoms with E-state index in [9.17, 15) is 0 Å². The molecule has 3 aromatic heterocycles. The summed E-state index contributed by atoms with van der Waals surface area (Å²) in [6, 6.07) is 79.1. The van der Waals surface area contributed by atoms with Crippen LogP contribution < -0.4 is 4.90 Å². The van der Waals surface area contributed by atoms with Crippen LogP contribution in [0.5, 0.6) is 0 Å². The summed E-state index contributed by atoms with van der Waals surface area (Å²) in [6.07, 6.45) is 0. The Bertz CT molecular complexity index is 2960. The maximum Gasteiger partial charge on any atom is 0.0541 e. The van der Waals surface area contributed by atoms with Gasteiger partial charge in [0.05, 0.1) is 33.1 Å². The number of fused-ring (bicyclic) bond motifs is 9. The van der Waals surface area contributed by atoms with E-state index >= 15 is 0 Å². The number of rotatable bonds is 6. The fourth-order valence-corrected chi connectivity index (χ4v) is 9.30. The van der Waals surface area contributed by atoms with Gasteiger partial charge in [0.1, 0.15) is 0 Å². The van der Waals surface area contributed by atoms with Crippen LogP contribution in [0.1, 0.15) is 13.8 Å². The van der Waals surface area contributed by atoms with Gasteiger partial charge >= 0.3 is 0 Å². The molecule has 0 amide bonds. The third-order valence-electron chi connectivity index (χ3n) is 11.8. The lowest BCUT2D eigenvalue weighted by molar-refractivity contribution is 1.16. The number of para-hydroxylation sites is 6. The molecule has 286 valence electrons. The highest BCUT2D eigenvalue weighted by molar-refractivity contribution is 6.11. The molecule has 0 saturated carbocycles. The molecule has 3 heterocycles. The van der Waals surface area contributed by atoms with Crippen molar-refractivity contribution < 1.29 is 0 Å². The Hall–Kier alpha value is -7.82. The van der Waals surface area contributed by atoms with Crippen LogP contribution in [-0.4, -0.2) is 13.7 Å². The first-order valence-electron chi connectivity index (χ1n) is 20.9. The standard InChI is InChI=1S/C54H36N4.C2H6/c1-7-19-49-43(13-1)44-14-2-8-20-50(44)56(49)40-31-25-37(26-32-40)55(38-27-33-41(34-28-38)57-51-21-9-3-15-45(51)46-16-4-10-22-52(46)57)39-29-35-42(36-30-39)58-53-23-11-5-17-47(53)48-18-6-12-24-54(48)58;1-2/h1-36H;1-2H3. The van der Waals surface area contributed by atoms with Crippen LogP contribution in [0.2, 0.25) is 0 Å². The Morgan fingerprint density at radius 2 is 0.417 bits per heavy atom. The quantitative estimate of drug-likeness (QED) is 0.165. The number of aromatic nitrogens is 3. The topological polar surface area (TPSA) is 18.0 Å².